The van der Waals surface area contributed by atoms with Gasteiger partial charge in [0.1, 0.15) is 11.3 Å². The molecular formula is C15H15NO4. The molecule has 0 bridgehead atoms. The van der Waals surface area contributed by atoms with Crippen LogP contribution in [0, 0.1) is 0 Å². The van der Waals surface area contributed by atoms with Crippen LogP contribution in [0.4, 0.5) is 0 Å². The van der Waals surface area contributed by atoms with Gasteiger partial charge in [-0.2, -0.15) is 0 Å². The van der Waals surface area contributed by atoms with Crippen molar-refractivity contribution in [1.82, 2.24) is 0 Å². The zero-order valence-electron chi connectivity index (χ0n) is 11.3. The smallest absolute Gasteiger partial charge is 0.342 e. The number of methoxy groups -OCH3 is 1. The lowest BCUT2D eigenvalue weighted by atomic mass is 10.1. The summed E-state index contributed by atoms with van der Waals surface area (Å²) < 4.78 is 10.2. The second-order valence-electron chi connectivity index (χ2n) is 4.35. The number of rotatable bonds is 4. The SMILES string of the molecule is COc1cc2ccccc2cc1C(=O)O[C@@H](C)C(N)=O. The summed E-state index contributed by atoms with van der Waals surface area (Å²) in [5, 5.41) is 1.83. The lowest BCUT2D eigenvalue weighted by Crippen LogP contribution is -2.30. The summed E-state index contributed by atoms with van der Waals surface area (Å²) in [6.45, 7) is 1.42. The fourth-order valence-electron chi connectivity index (χ4n) is 1.83. The maximum atomic E-state index is 12.1. The summed E-state index contributed by atoms with van der Waals surface area (Å²) >= 11 is 0. The van der Waals surface area contributed by atoms with Crippen molar-refractivity contribution < 1.29 is 19.1 Å². The van der Waals surface area contributed by atoms with Crippen molar-refractivity contribution in [3.8, 4) is 5.75 Å². The molecule has 0 fully saturated rings. The molecule has 5 heteroatoms. The zero-order valence-corrected chi connectivity index (χ0v) is 11.3. The first-order valence-corrected chi connectivity index (χ1v) is 6.10. The molecule has 2 N–H and O–H groups in total. The van der Waals surface area contributed by atoms with Crippen molar-refractivity contribution >= 4 is 22.6 Å². The predicted octanol–water partition coefficient (Wildman–Crippen LogP) is 1.88. The van der Waals surface area contributed by atoms with Gasteiger partial charge < -0.3 is 15.2 Å². The van der Waals surface area contributed by atoms with Gasteiger partial charge >= 0.3 is 5.97 Å². The highest BCUT2D eigenvalue weighted by Gasteiger charge is 2.20. The molecule has 5 nitrogen and oxygen atoms in total. The lowest BCUT2D eigenvalue weighted by molar-refractivity contribution is -0.125. The summed E-state index contributed by atoms with van der Waals surface area (Å²) in [5.74, 6) is -0.942. The highest BCUT2D eigenvalue weighted by atomic mass is 16.5. The number of nitrogens with two attached hydrogens (primary N) is 1. The molecule has 0 aliphatic carbocycles. The number of carbonyl (C=O) groups is 2. The van der Waals surface area contributed by atoms with Crippen molar-refractivity contribution in [2.75, 3.05) is 7.11 Å². The van der Waals surface area contributed by atoms with Crippen LogP contribution in [0.25, 0.3) is 10.8 Å². The Kier molecular flexibility index (Phi) is 3.89. The summed E-state index contributed by atoms with van der Waals surface area (Å²) in [6, 6.07) is 11.0. The average Bonchev–Trinajstić information content (AvgIpc) is 2.45. The highest BCUT2D eigenvalue weighted by molar-refractivity contribution is 5.99. The van der Waals surface area contributed by atoms with Gasteiger partial charge in [0.2, 0.25) is 0 Å². The van der Waals surface area contributed by atoms with Gasteiger partial charge in [0.15, 0.2) is 6.10 Å². The van der Waals surface area contributed by atoms with Crippen molar-refractivity contribution in [1.29, 1.82) is 0 Å². The van der Waals surface area contributed by atoms with Crippen molar-refractivity contribution in [2.24, 2.45) is 5.73 Å². The highest BCUT2D eigenvalue weighted by Crippen LogP contribution is 2.26. The van der Waals surface area contributed by atoms with Gasteiger partial charge in [-0.3, -0.25) is 4.79 Å². The third-order valence-electron chi connectivity index (χ3n) is 2.97. The van der Waals surface area contributed by atoms with Crippen LogP contribution >= 0.6 is 0 Å². The van der Waals surface area contributed by atoms with Crippen molar-refractivity contribution in [3.63, 3.8) is 0 Å². The Hall–Kier alpha value is -2.56. The molecule has 0 spiro atoms. The van der Waals surface area contributed by atoms with Crippen LogP contribution in [0.5, 0.6) is 5.75 Å². The second-order valence-corrected chi connectivity index (χ2v) is 4.35. The zero-order chi connectivity index (χ0) is 14.7. The van der Waals surface area contributed by atoms with Gasteiger partial charge in [0.05, 0.1) is 7.11 Å². The normalized spacial score (nSPS) is 11.9. The molecule has 0 heterocycles. The van der Waals surface area contributed by atoms with E-state index in [1.807, 2.05) is 24.3 Å². The number of esters is 1. The van der Waals surface area contributed by atoms with E-state index in [2.05, 4.69) is 0 Å². The third-order valence-corrected chi connectivity index (χ3v) is 2.97. The summed E-state index contributed by atoms with van der Waals surface area (Å²) in [6.07, 6.45) is -0.987. The van der Waals surface area contributed by atoms with Crippen LogP contribution in [0.3, 0.4) is 0 Å². The van der Waals surface area contributed by atoms with Crippen LogP contribution < -0.4 is 10.5 Å². The fraction of sp³-hybridized carbons (Fsp3) is 0.200. The molecule has 1 atom stereocenters. The number of ether oxygens (including phenoxy) is 2. The first kappa shape index (κ1) is 13.9. The summed E-state index contributed by atoms with van der Waals surface area (Å²) in [7, 11) is 1.47. The Morgan fingerprint density at radius 1 is 1.15 bits per heavy atom. The molecule has 0 radical (unpaired) electrons. The van der Waals surface area contributed by atoms with Gasteiger partial charge in [-0.05, 0) is 29.8 Å². The molecule has 0 saturated carbocycles. The minimum absolute atomic E-state index is 0.263. The van der Waals surface area contributed by atoms with Gasteiger partial charge in [-0.25, -0.2) is 4.79 Å². The Bertz CT molecular complexity index is 666. The Balaban J connectivity index is 2.41. The molecule has 0 aliphatic rings. The number of hydrogen-bond acceptors (Lipinski definition) is 4. The topological polar surface area (TPSA) is 78.6 Å². The summed E-state index contributed by atoms with van der Waals surface area (Å²) in [4.78, 5) is 23.0. The van der Waals surface area contributed by atoms with Gasteiger partial charge in [0, 0.05) is 0 Å². The van der Waals surface area contributed by atoms with E-state index in [0.29, 0.717) is 5.75 Å². The van der Waals surface area contributed by atoms with Crippen LogP contribution in [0.15, 0.2) is 36.4 Å². The van der Waals surface area contributed by atoms with Crippen LogP contribution in [0.1, 0.15) is 17.3 Å². The lowest BCUT2D eigenvalue weighted by Gasteiger charge is -2.13. The minimum atomic E-state index is -0.987. The largest absolute Gasteiger partial charge is 0.496 e. The second kappa shape index (κ2) is 5.61. The number of amides is 1. The Morgan fingerprint density at radius 2 is 1.75 bits per heavy atom. The predicted molar refractivity (Wildman–Crippen MR) is 74.6 cm³/mol. The molecule has 20 heavy (non-hydrogen) atoms. The van der Waals surface area contributed by atoms with E-state index in [9.17, 15) is 9.59 Å². The summed E-state index contributed by atoms with van der Waals surface area (Å²) in [5.41, 5.74) is 5.34. The molecule has 2 rings (SSSR count). The Morgan fingerprint density at radius 3 is 2.30 bits per heavy atom. The van der Waals surface area contributed by atoms with E-state index in [0.717, 1.165) is 10.8 Å². The number of hydrogen-bond donors (Lipinski definition) is 1. The van der Waals surface area contributed by atoms with Gasteiger partial charge in [-0.15, -0.1) is 0 Å². The van der Waals surface area contributed by atoms with Crippen molar-refractivity contribution in [3.05, 3.63) is 42.0 Å². The molecule has 2 aromatic carbocycles. The molecule has 1 amide bonds. The molecule has 0 unspecified atom stereocenters. The molecule has 0 aliphatic heterocycles. The van der Waals surface area contributed by atoms with Gasteiger partial charge in [-0.1, -0.05) is 24.3 Å². The van der Waals surface area contributed by atoms with Crippen LogP contribution in [-0.2, 0) is 9.53 Å². The molecular weight excluding hydrogens is 258 g/mol. The minimum Gasteiger partial charge on any atom is -0.496 e. The molecule has 104 valence electrons. The standard InChI is InChI=1S/C15H15NO4/c1-9(14(16)17)20-15(18)12-7-10-5-3-4-6-11(10)8-13(12)19-2/h3-9H,1-2H3,(H2,16,17)/t9-/m0/s1. The van der Waals surface area contributed by atoms with E-state index in [1.165, 1.54) is 14.0 Å². The number of primary amides is 1. The van der Waals surface area contributed by atoms with Crippen molar-refractivity contribution in [2.45, 2.75) is 13.0 Å². The maximum absolute atomic E-state index is 12.1. The first-order valence-electron chi connectivity index (χ1n) is 6.10. The van der Waals surface area contributed by atoms with E-state index in [-0.39, 0.29) is 5.56 Å². The quantitative estimate of drug-likeness (QED) is 0.863. The van der Waals surface area contributed by atoms with E-state index < -0.39 is 18.0 Å². The number of benzene rings is 2. The fourth-order valence-corrected chi connectivity index (χ4v) is 1.83. The average molecular weight is 273 g/mol. The first-order chi connectivity index (χ1) is 9.52. The number of fused-ring (bicyclic) bond motifs is 1. The maximum Gasteiger partial charge on any atom is 0.342 e. The van der Waals surface area contributed by atoms with Crippen LogP contribution in [0.2, 0.25) is 0 Å². The van der Waals surface area contributed by atoms with E-state index >= 15 is 0 Å². The van der Waals surface area contributed by atoms with Gasteiger partial charge in [0.25, 0.3) is 5.91 Å². The number of carbonyl (C=O) groups excluding carboxylic acids is 2. The van der Waals surface area contributed by atoms with E-state index in [1.54, 1.807) is 12.1 Å². The Labute approximate surface area is 116 Å². The molecule has 0 saturated heterocycles. The monoisotopic (exact) mass is 273 g/mol. The van der Waals surface area contributed by atoms with E-state index in [4.69, 9.17) is 15.2 Å². The molecule has 2 aromatic rings. The third kappa shape index (κ3) is 2.71. The van der Waals surface area contributed by atoms with Crippen LogP contribution in [-0.4, -0.2) is 25.1 Å². The molecule has 0 aromatic heterocycles.